The van der Waals surface area contributed by atoms with E-state index in [-0.39, 0.29) is 0 Å². The molecule has 0 aromatic carbocycles. The Hall–Kier alpha value is -0.870. The number of aliphatic hydroxyl groups is 1. The Morgan fingerprint density at radius 1 is 1.39 bits per heavy atom. The summed E-state index contributed by atoms with van der Waals surface area (Å²) >= 11 is 0. The van der Waals surface area contributed by atoms with E-state index in [9.17, 15) is 5.11 Å². The summed E-state index contributed by atoms with van der Waals surface area (Å²) in [7, 11) is 0. The first kappa shape index (κ1) is 12.2. The summed E-state index contributed by atoms with van der Waals surface area (Å²) < 4.78 is 0. The van der Waals surface area contributed by atoms with Gasteiger partial charge in [-0.25, -0.2) is 0 Å². The second-order valence-corrected chi connectivity index (χ2v) is 5.98. The van der Waals surface area contributed by atoms with Crippen LogP contribution in [0.4, 0.5) is 0 Å². The number of hydrogen-bond acceptors (Lipinski definition) is 3. The van der Waals surface area contributed by atoms with Crippen LogP contribution in [0, 0.1) is 0 Å². The number of H-pyrrole nitrogens is 1. The van der Waals surface area contributed by atoms with Gasteiger partial charge in [-0.05, 0) is 31.2 Å². The largest absolute Gasteiger partial charge is 0.389 e. The van der Waals surface area contributed by atoms with Gasteiger partial charge in [0.15, 0.2) is 0 Å². The maximum Gasteiger partial charge on any atom is 0.0771 e. The Kier molecular flexibility index (Phi) is 3.39. The summed E-state index contributed by atoms with van der Waals surface area (Å²) in [5.74, 6) is 0. The lowest BCUT2D eigenvalue weighted by atomic mass is 9.84. The van der Waals surface area contributed by atoms with Gasteiger partial charge in [0.05, 0.1) is 11.8 Å². The molecule has 1 fully saturated rings. The van der Waals surface area contributed by atoms with Crippen molar-refractivity contribution >= 4 is 0 Å². The van der Waals surface area contributed by atoms with Crippen LogP contribution in [0.3, 0.4) is 0 Å². The summed E-state index contributed by atoms with van der Waals surface area (Å²) in [6.45, 7) is 0.751. The first-order valence-corrected chi connectivity index (χ1v) is 7.22. The molecular weight excluding hydrogens is 226 g/mol. The lowest BCUT2D eigenvalue weighted by molar-refractivity contribution is 0.00228. The highest BCUT2D eigenvalue weighted by atomic mass is 16.3. The molecule has 0 amide bonds. The molecule has 18 heavy (non-hydrogen) atoms. The number of fused-ring (bicyclic) bond motifs is 1. The predicted molar refractivity (Wildman–Crippen MR) is 70.4 cm³/mol. The van der Waals surface area contributed by atoms with Crippen molar-refractivity contribution in [1.82, 2.24) is 15.5 Å². The number of hydrogen-bond donors (Lipinski definition) is 3. The van der Waals surface area contributed by atoms with Gasteiger partial charge in [-0.2, -0.15) is 5.10 Å². The molecule has 1 unspecified atom stereocenters. The molecule has 1 atom stereocenters. The summed E-state index contributed by atoms with van der Waals surface area (Å²) in [6, 6.07) is 0.490. The molecule has 1 heterocycles. The normalized spacial score (nSPS) is 26.8. The van der Waals surface area contributed by atoms with E-state index >= 15 is 0 Å². The van der Waals surface area contributed by atoms with E-state index < -0.39 is 5.60 Å². The number of aryl methyl sites for hydroxylation is 1. The van der Waals surface area contributed by atoms with E-state index in [0.717, 1.165) is 38.6 Å². The fraction of sp³-hybridized carbons (Fsp3) is 0.786. The van der Waals surface area contributed by atoms with Crippen LogP contribution in [0.1, 0.15) is 49.8 Å². The van der Waals surface area contributed by atoms with Crippen LogP contribution in [0.25, 0.3) is 0 Å². The molecule has 0 saturated heterocycles. The quantitative estimate of drug-likeness (QED) is 0.761. The Morgan fingerprint density at radius 2 is 2.22 bits per heavy atom. The van der Waals surface area contributed by atoms with Crippen LogP contribution in [0.2, 0.25) is 0 Å². The van der Waals surface area contributed by atoms with Gasteiger partial charge >= 0.3 is 0 Å². The number of aromatic amines is 1. The molecule has 0 bridgehead atoms. The van der Waals surface area contributed by atoms with Crippen LogP contribution in [-0.2, 0) is 12.8 Å². The predicted octanol–water partition coefficient (Wildman–Crippen LogP) is 1.55. The molecule has 2 aliphatic carbocycles. The second kappa shape index (κ2) is 5.02. The van der Waals surface area contributed by atoms with Gasteiger partial charge in [0, 0.05) is 24.7 Å². The zero-order valence-electron chi connectivity index (χ0n) is 10.9. The van der Waals surface area contributed by atoms with E-state index in [1.165, 1.54) is 30.5 Å². The molecule has 2 aliphatic rings. The van der Waals surface area contributed by atoms with Crippen molar-refractivity contribution in [3.63, 3.8) is 0 Å². The van der Waals surface area contributed by atoms with E-state index in [1.807, 2.05) is 6.20 Å². The van der Waals surface area contributed by atoms with Crippen molar-refractivity contribution < 1.29 is 5.11 Å². The lowest BCUT2D eigenvalue weighted by Crippen LogP contribution is -2.47. The van der Waals surface area contributed by atoms with Crippen LogP contribution in [0.5, 0.6) is 0 Å². The van der Waals surface area contributed by atoms with Crippen LogP contribution in [-0.4, -0.2) is 33.5 Å². The average Bonchev–Trinajstić information content (AvgIpc) is 2.85. The first-order chi connectivity index (χ1) is 8.75. The van der Waals surface area contributed by atoms with Crippen molar-refractivity contribution in [3.05, 3.63) is 17.5 Å². The number of rotatable bonds is 3. The maximum absolute atomic E-state index is 10.5. The van der Waals surface area contributed by atoms with E-state index in [1.54, 1.807) is 0 Å². The van der Waals surface area contributed by atoms with Crippen molar-refractivity contribution in [2.45, 2.75) is 63.0 Å². The lowest BCUT2D eigenvalue weighted by Gasteiger charge is -2.34. The highest BCUT2D eigenvalue weighted by molar-refractivity contribution is 5.20. The van der Waals surface area contributed by atoms with Gasteiger partial charge in [-0.1, -0.05) is 19.3 Å². The van der Waals surface area contributed by atoms with Gasteiger partial charge in [0.25, 0.3) is 0 Å². The summed E-state index contributed by atoms with van der Waals surface area (Å²) in [6.07, 6.45) is 10.8. The highest BCUT2D eigenvalue weighted by Gasteiger charge is 2.30. The molecule has 1 aromatic rings. The molecule has 3 rings (SSSR count). The molecule has 0 radical (unpaired) electrons. The van der Waals surface area contributed by atoms with Crippen molar-refractivity contribution in [1.29, 1.82) is 0 Å². The molecular formula is C14H23N3O. The third kappa shape index (κ3) is 2.59. The summed E-state index contributed by atoms with van der Waals surface area (Å²) in [5.41, 5.74) is 2.19. The molecule has 0 spiro atoms. The average molecular weight is 249 g/mol. The van der Waals surface area contributed by atoms with Gasteiger partial charge in [-0.15, -0.1) is 0 Å². The standard InChI is InChI=1S/C14H23N3O/c18-14(6-2-1-3-7-14)10-15-12-5-4-11-9-16-17-13(11)8-12/h9,12,15,18H,1-8,10H2,(H,16,17). The van der Waals surface area contributed by atoms with Gasteiger partial charge in [-0.3, -0.25) is 5.10 Å². The Labute approximate surface area is 108 Å². The highest BCUT2D eigenvalue weighted by Crippen LogP contribution is 2.28. The summed E-state index contributed by atoms with van der Waals surface area (Å²) in [5, 5.41) is 21.2. The maximum atomic E-state index is 10.5. The molecule has 4 nitrogen and oxygen atoms in total. The summed E-state index contributed by atoms with van der Waals surface area (Å²) in [4.78, 5) is 0. The van der Waals surface area contributed by atoms with E-state index in [0.29, 0.717) is 6.04 Å². The topological polar surface area (TPSA) is 60.9 Å². The molecule has 100 valence electrons. The van der Waals surface area contributed by atoms with Gasteiger partial charge in [0.2, 0.25) is 0 Å². The first-order valence-electron chi connectivity index (χ1n) is 7.22. The van der Waals surface area contributed by atoms with E-state index in [2.05, 4.69) is 15.5 Å². The van der Waals surface area contributed by atoms with Gasteiger partial charge < -0.3 is 10.4 Å². The van der Waals surface area contributed by atoms with Crippen LogP contribution in [0.15, 0.2) is 6.20 Å². The second-order valence-electron chi connectivity index (χ2n) is 5.98. The smallest absolute Gasteiger partial charge is 0.0771 e. The van der Waals surface area contributed by atoms with Crippen molar-refractivity contribution in [2.24, 2.45) is 0 Å². The molecule has 3 N–H and O–H groups in total. The zero-order chi connectivity index (χ0) is 12.4. The SMILES string of the molecule is OC1(CNC2CCc3cn[nH]c3C2)CCCCC1. The fourth-order valence-corrected chi connectivity index (χ4v) is 3.30. The third-order valence-electron chi connectivity index (χ3n) is 4.52. The third-order valence-corrected chi connectivity index (χ3v) is 4.52. The van der Waals surface area contributed by atoms with Crippen LogP contribution >= 0.6 is 0 Å². The molecule has 4 heteroatoms. The minimum Gasteiger partial charge on any atom is -0.389 e. The van der Waals surface area contributed by atoms with Gasteiger partial charge in [0.1, 0.15) is 0 Å². The monoisotopic (exact) mass is 249 g/mol. The number of nitrogens with zero attached hydrogens (tertiary/aromatic N) is 1. The number of aromatic nitrogens is 2. The Bertz CT molecular complexity index is 395. The minimum atomic E-state index is -0.452. The molecule has 1 saturated carbocycles. The Balaban J connectivity index is 1.52. The zero-order valence-corrected chi connectivity index (χ0v) is 10.9. The molecule has 1 aromatic heterocycles. The fourth-order valence-electron chi connectivity index (χ4n) is 3.30. The van der Waals surface area contributed by atoms with Crippen molar-refractivity contribution in [2.75, 3.05) is 6.54 Å². The molecule has 0 aliphatic heterocycles. The minimum absolute atomic E-state index is 0.452. The van der Waals surface area contributed by atoms with Crippen molar-refractivity contribution in [3.8, 4) is 0 Å². The number of nitrogens with one attached hydrogen (secondary N) is 2. The van der Waals surface area contributed by atoms with Crippen LogP contribution < -0.4 is 5.32 Å². The van der Waals surface area contributed by atoms with E-state index in [4.69, 9.17) is 0 Å². The Morgan fingerprint density at radius 3 is 3.06 bits per heavy atom.